The Morgan fingerprint density at radius 2 is 1.76 bits per heavy atom. The van der Waals surface area contributed by atoms with Gasteiger partial charge in [0.05, 0.1) is 5.56 Å². The fourth-order valence-electron chi connectivity index (χ4n) is 1.66. The lowest BCUT2D eigenvalue weighted by Crippen LogP contribution is -2.15. The quantitative estimate of drug-likeness (QED) is 0.789. The van der Waals surface area contributed by atoms with Gasteiger partial charge < -0.3 is 15.2 Å². The number of hydrogen-bond acceptors (Lipinski definition) is 3. The number of amides is 1. The lowest BCUT2D eigenvalue weighted by molar-refractivity contribution is 0.0995. The number of carbonyl (C=O) groups excluding carboxylic acids is 1. The number of benzene rings is 2. The zero-order valence-electron chi connectivity index (χ0n) is 11.0. The van der Waals surface area contributed by atoms with Crippen molar-refractivity contribution >= 4 is 33.4 Å². The van der Waals surface area contributed by atoms with E-state index in [1.807, 2.05) is 24.3 Å². The Labute approximate surface area is 135 Å². The van der Waals surface area contributed by atoms with Crippen LogP contribution >= 0.6 is 27.5 Å². The molecule has 2 rings (SSSR count). The molecule has 0 aliphatic heterocycles. The highest BCUT2D eigenvalue weighted by Crippen LogP contribution is 2.22. The molecule has 0 aliphatic carbocycles. The molecule has 0 saturated heterocycles. The van der Waals surface area contributed by atoms with Crippen molar-refractivity contribution < 1.29 is 14.3 Å². The van der Waals surface area contributed by atoms with Crippen molar-refractivity contribution in [2.75, 3.05) is 13.2 Å². The van der Waals surface area contributed by atoms with Gasteiger partial charge in [-0.2, -0.15) is 0 Å². The molecule has 0 heterocycles. The average molecular weight is 371 g/mol. The van der Waals surface area contributed by atoms with Crippen LogP contribution in [0.3, 0.4) is 0 Å². The van der Waals surface area contributed by atoms with Crippen molar-refractivity contribution in [2.45, 2.75) is 0 Å². The van der Waals surface area contributed by atoms with Gasteiger partial charge in [0.15, 0.2) is 0 Å². The van der Waals surface area contributed by atoms with Gasteiger partial charge in [0, 0.05) is 9.50 Å². The van der Waals surface area contributed by atoms with Crippen LogP contribution in [-0.4, -0.2) is 19.1 Å². The van der Waals surface area contributed by atoms with Crippen LogP contribution in [0.4, 0.5) is 0 Å². The van der Waals surface area contributed by atoms with Crippen molar-refractivity contribution in [1.82, 2.24) is 0 Å². The second-order valence-electron chi connectivity index (χ2n) is 4.16. The number of halogens is 2. The van der Waals surface area contributed by atoms with E-state index in [0.29, 0.717) is 17.4 Å². The molecule has 1 amide bonds. The zero-order chi connectivity index (χ0) is 15.2. The standard InChI is InChI=1S/C15H13BrClNO3/c16-10-1-4-12(5-2-10)20-7-8-21-14-6-3-11(17)9-13(14)15(18)19/h1-6,9H,7-8H2,(H2,18,19). The molecule has 2 aromatic rings. The molecular weight excluding hydrogens is 358 g/mol. The summed E-state index contributed by atoms with van der Waals surface area (Å²) < 4.78 is 12.0. The molecule has 0 radical (unpaired) electrons. The number of rotatable bonds is 6. The predicted octanol–water partition coefficient (Wildman–Crippen LogP) is 3.66. The third kappa shape index (κ3) is 4.65. The van der Waals surface area contributed by atoms with Gasteiger partial charge in [0.2, 0.25) is 0 Å². The summed E-state index contributed by atoms with van der Waals surface area (Å²) in [5, 5.41) is 0.433. The van der Waals surface area contributed by atoms with Crippen LogP contribution in [0.25, 0.3) is 0 Å². The molecule has 0 unspecified atom stereocenters. The molecule has 6 heteroatoms. The van der Waals surface area contributed by atoms with Gasteiger partial charge in [-0.05, 0) is 42.5 Å². The Kier molecular flexibility index (Phi) is 5.47. The molecule has 110 valence electrons. The first-order chi connectivity index (χ1) is 10.1. The summed E-state index contributed by atoms with van der Waals surface area (Å²) in [4.78, 5) is 11.3. The van der Waals surface area contributed by atoms with Crippen LogP contribution in [0, 0.1) is 0 Å². The van der Waals surface area contributed by atoms with E-state index >= 15 is 0 Å². The summed E-state index contributed by atoms with van der Waals surface area (Å²) in [6.07, 6.45) is 0. The minimum atomic E-state index is -0.582. The summed E-state index contributed by atoms with van der Waals surface area (Å²) in [5.41, 5.74) is 5.54. The topological polar surface area (TPSA) is 61.6 Å². The molecular formula is C15H13BrClNO3. The van der Waals surface area contributed by atoms with E-state index in [-0.39, 0.29) is 12.2 Å². The molecule has 0 fully saturated rings. The maximum absolute atomic E-state index is 11.3. The number of primary amides is 1. The Morgan fingerprint density at radius 1 is 1.10 bits per heavy atom. The summed E-state index contributed by atoms with van der Waals surface area (Å²) in [7, 11) is 0. The maximum atomic E-state index is 11.3. The number of ether oxygens (including phenoxy) is 2. The smallest absolute Gasteiger partial charge is 0.252 e. The van der Waals surface area contributed by atoms with Crippen molar-refractivity contribution in [3.05, 3.63) is 57.5 Å². The minimum absolute atomic E-state index is 0.256. The van der Waals surface area contributed by atoms with Gasteiger partial charge >= 0.3 is 0 Å². The summed E-state index contributed by atoms with van der Waals surface area (Å²) in [6, 6.07) is 12.2. The highest BCUT2D eigenvalue weighted by atomic mass is 79.9. The van der Waals surface area contributed by atoms with Gasteiger partial charge in [-0.25, -0.2) is 0 Å². The van der Waals surface area contributed by atoms with E-state index in [4.69, 9.17) is 26.8 Å². The van der Waals surface area contributed by atoms with Crippen molar-refractivity contribution in [3.63, 3.8) is 0 Å². The molecule has 0 saturated carbocycles. The van der Waals surface area contributed by atoms with Crippen LogP contribution in [0.1, 0.15) is 10.4 Å². The van der Waals surface area contributed by atoms with E-state index in [1.165, 1.54) is 6.07 Å². The zero-order valence-corrected chi connectivity index (χ0v) is 13.4. The molecule has 0 spiro atoms. The number of nitrogens with two attached hydrogens (primary N) is 1. The van der Waals surface area contributed by atoms with Crippen LogP contribution in [-0.2, 0) is 0 Å². The molecule has 4 nitrogen and oxygen atoms in total. The lowest BCUT2D eigenvalue weighted by atomic mass is 10.2. The monoisotopic (exact) mass is 369 g/mol. The molecule has 0 atom stereocenters. The van der Waals surface area contributed by atoms with Crippen LogP contribution < -0.4 is 15.2 Å². The van der Waals surface area contributed by atoms with E-state index in [9.17, 15) is 4.79 Å². The highest BCUT2D eigenvalue weighted by molar-refractivity contribution is 9.10. The maximum Gasteiger partial charge on any atom is 0.252 e. The summed E-state index contributed by atoms with van der Waals surface area (Å²) >= 11 is 9.17. The average Bonchev–Trinajstić information content (AvgIpc) is 2.46. The lowest BCUT2D eigenvalue weighted by Gasteiger charge is -2.11. The molecule has 2 aromatic carbocycles. The van der Waals surface area contributed by atoms with Crippen LogP contribution in [0.2, 0.25) is 5.02 Å². The Balaban J connectivity index is 1.89. The number of hydrogen-bond donors (Lipinski definition) is 1. The highest BCUT2D eigenvalue weighted by Gasteiger charge is 2.10. The first kappa shape index (κ1) is 15.7. The van der Waals surface area contributed by atoms with Gasteiger partial charge in [0.1, 0.15) is 24.7 Å². The van der Waals surface area contributed by atoms with Crippen LogP contribution in [0.15, 0.2) is 46.9 Å². The van der Waals surface area contributed by atoms with E-state index in [1.54, 1.807) is 12.1 Å². The third-order valence-corrected chi connectivity index (χ3v) is 3.39. The first-order valence-corrected chi connectivity index (χ1v) is 7.34. The van der Waals surface area contributed by atoms with E-state index < -0.39 is 5.91 Å². The molecule has 0 aromatic heterocycles. The Bertz CT molecular complexity index is 631. The van der Waals surface area contributed by atoms with Crippen LogP contribution in [0.5, 0.6) is 11.5 Å². The van der Waals surface area contributed by atoms with Gasteiger partial charge in [-0.3, -0.25) is 4.79 Å². The minimum Gasteiger partial charge on any atom is -0.490 e. The summed E-state index contributed by atoms with van der Waals surface area (Å²) in [6.45, 7) is 0.639. The van der Waals surface area contributed by atoms with Crippen molar-refractivity contribution in [3.8, 4) is 11.5 Å². The predicted molar refractivity (Wildman–Crippen MR) is 85.1 cm³/mol. The summed E-state index contributed by atoms with van der Waals surface area (Å²) in [5.74, 6) is 0.556. The Morgan fingerprint density at radius 3 is 2.43 bits per heavy atom. The Hall–Kier alpha value is -1.72. The van der Waals surface area contributed by atoms with E-state index in [0.717, 1.165) is 10.2 Å². The van der Waals surface area contributed by atoms with Gasteiger partial charge in [-0.15, -0.1) is 0 Å². The molecule has 0 bridgehead atoms. The second kappa shape index (κ2) is 7.33. The molecule has 21 heavy (non-hydrogen) atoms. The fraction of sp³-hybridized carbons (Fsp3) is 0.133. The van der Waals surface area contributed by atoms with Crippen molar-refractivity contribution in [2.24, 2.45) is 5.73 Å². The fourth-order valence-corrected chi connectivity index (χ4v) is 2.10. The molecule has 2 N–H and O–H groups in total. The SMILES string of the molecule is NC(=O)c1cc(Cl)ccc1OCCOc1ccc(Br)cc1. The van der Waals surface area contributed by atoms with E-state index in [2.05, 4.69) is 15.9 Å². The van der Waals surface area contributed by atoms with Gasteiger partial charge in [-0.1, -0.05) is 27.5 Å². The van der Waals surface area contributed by atoms with Gasteiger partial charge in [0.25, 0.3) is 5.91 Å². The van der Waals surface area contributed by atoms with Crippen molar-refractivity contribution in [1.29, 1.82) is 0 Å². The largest absolute Gasteiger partial charge is 0.490 e. The normalized spacial score (nSPS) is 10.2. The second-order valence-corrected chi connectivity index (χ2v) is 5.51. The molecule has 0 aliphatic rings. The first-order valence-electron chi connectivity index (χ1n) is 6.17. The third-order valence-electron chi connectivity index (χ3n) is 2.63. The number of carbonyl (C=O) groups is 1.